The normalized spacial score (nSPS) is 10.5. The minimum absolute atomic E-state index is 0.122. The van der Waals surface area contributed by atoms with Gasteiger partial charge in [0.25, 0.3) is 0 Å². The molecule has 3 N–H and O–H groups in total. The lowest BCUT2D eigenvalue weighted by molar-refractivity contribution is 0.279. The average molecular weight is 343 g/mol. The van der Waals surface area contributed by atoms with Crippen LogP contribution >= 0.6 is 12.2 Å². The summed E-state index contributed by atoms with van der Waals surface area (Å²) in [6.07, 6.45) is 2.46. The van der Waals surface area contributed by atoms with Gasteiger partial charge in [0.15, 0.2) is 16.6 Å². The molecule has 2 aromatic carbocycles. The molecule has 6 heteroatoms. The van der Waals surface area contributed by atoms with Crippen LogP contribution in [0.4, 0.5) is 0 Å². The van der Waals surface area contributed by atoms with Crippen LogP contribution in [0, 0.1) is 0 Å². The van der Waals surface area contributed by atoms with Crippen LogP contribution in [-0.4, -0.2) is 24.5 Å². The van der Waals surface area contributed by atoms with Crippen LogP contribution in [0.15, 0.2) is 53.6 Å². The van der Waals surface area contributed by atoms with Crippen molar-refractivity contribution in [3.8, 4) is 11.5 Å². The molecule has 0 spiro atoms. The first-order chi connectivity index (χ1) is 11.7. The first-order valence-electron chi connectivity index (χ1n) is 7.71. The highest BCUT2D eigenvalue weighted by atomic mass is 32.1. The summed E-state index contributed by atoms with van der Waals surface area (Å²) in [5, 5.41) is 4.06. The third-order valence-electron chi connectivity index (χ3n) is 3.15. The van der Waals surface area contributed by atoms with E-state index in [9.17, 15) is 0 Å². The summed E-state index contributed by atoms with van der Waals surface area (Å²) >= 11 is 4.70. The van der Waals surface area contributed by atoms with Crippen LogP contribution in [0.1, 0.15) is 18.1 Å². The first kappa shape index (κ1) is 17.7. The minimum Gasteiger partial charge on any atom is -0.490 e. The fraction of sp³-hybridized carbons (Fsp3) is 0.222. The Morgan fingerprint density at radius 3 is 2.67 bits per heavy atom. The number of nitrogens with zero attached hydrogens (tertiary/aromatic N) is 1. The molecule has 0 saturated carbocycles. The summed E-state index contributed by atoms with van der Waals surface area (Å²) in [6.45, 7) is 3.07. The molecule has 0 heterocycles. The number of thiocarbonyl (C=S) groups is 1. The highest BCUT2D eigenvalue weighted by Gasteiger charge is 2.06. The molecule has 0 saturated heterocycles. The number of hydrazone groups is 1. The molecule has 0 aromatic heterocycles. The van der Waals surface area contributed by atoms with Crippen LogP contribution in [0.3, 0.4) is 0 Å². The lowest BCUT2D eigenvalue weighted by Gasteiger charge is -2.12. The molecule has 0 unspecified atom stereocenters. The van der Waals surface area contributed by atoms with Crippen LogP contribution in [0.5, 0.6) is 11.5 Å². The van der Waals surface area contributed by atoms with Gasteiger partial charge in [0.1, 0.15) is 0 Å². The van der Waals surface area contributed by atoms with Crippen molar-refractivity contribution in [3.05, 3.63) is 59.7 Å². The predicted molar refractivity (Wildman–Crippen MR) is 101 cm³/mol. The lowest BCUT2D eigenvalue weighted by atomic mass is 10.2. The van der Waals surface area contributed by atoms with Crippen molar-refractivity contribution in [1.82, 2.24) is 5.43 Å². The van der Waals surface area contributed by atoms with Gasteiger partial charge in [-0.15, -0.1) is 0 Å². The van der Waals surface area contributed by atoms with E-state index in [-0.39, 0.29) is 5.11 Å². The third-order valence-corrected chi connectivity index (χ3v) is 3.24. The fourth-order valence-corrected chi connectivity index (χ4v) is 2.14. The lowest BCUT2D eigenvalue weighted by Crippen LogP contribution is -2.23. The van der Waals surface area contributed by atoms with Gasteiger partial charge in [-0.05, 0) is 48.5 Å². The van der Waals surface area contributed by atoms with E-state index in [0.29, 0.717) is 24.7 Å². The second-order valence-electron chi connectivity index (χ2n) is 4.96. The number of hydrogen-bond acceptors (Lipinski definition) is 4. The number of ether oxygens (including phenoxy) is 2. The fourth-order valence-electron chi connectivity index (χ4n) is 2.09. The van der Waals surface area contributed by atoms with Crippen LogP contribution in [-0.2, 0) is 6.42 Å². The Balaban J connectivity index is 2.00. The molecular weight excluding hydrogens is 322 g/mol. The molecule has 0 fully saturated rings. The molecule has 2 aromatic rings. The van der Waals surface area contributed by atoms with Crippen LogP contribution < -0.4 is 20.6 Å². The Hall–Kier alpha value is -2.60. The smallest absolute Gasteiger partial charge is 0.184 e. The van der Waals surface area contributed by atoms with E-state index in [2.05, 4.69) is 22.7 Å². The Morgan fingerprint density at radius 2 is 1.96 bits per heavy atom. The Morgan fingerprint density at radius 1 is 1.17 bits per heavy atom. The van der Waals surface area contributed by atoms with Gasteiger partial charge in [0.2, 0.25) is 0 Å². The topological polar surface area (TPSA) is 68.9 Å². The van der Waals surface area contributed by atoms with E-state index in [1.165, 1.54) is 5.56 Å². The van der Waals surface area contributed by atoms with Crippen molar-refractivity contribution >= 4 is 23.5 Å². The summed E-state index contributed by atoms with van der Waals surface area (Å²) < 4.78 is 11.5. The number of hydrogen-bond donors (Lipinski definition) is 2. The predicted octanol–water partition coefficient (Wildman–Crippen LogP) is 2.87. The molecule has 0 amide bonds. The zero-order valence-electron chi connectivity index (χ0n) is 13.6. The second-order valence-corrected chi connectivity index (χ2v) is 5.40. The maximum Gasteiger partial charge on any atom is 0.184 e. The highest BCUT2D eigenvalue weighted by Crippen LogP contribution is 2.28. The van der Waals surface area contributed by atoms with Gasteiger partial charge < -0.3 is 15.2 Å². The van der Waals surface area contributed by atoms with Crippen molar-refractivity contribution in [2.24, 2.45) is 10.8 Å². The SMILES string of the molecule is CCOc1cc(C=NNC(N)=S)ccc1OCCc1ccccc1. The highest BCUT2D eigenvalue weighted by molar-refractivity contribution is 7.80. The molecule has 0 radical (unpaired) electrons. The van der Waals surface area contributed by atoms with Crippen molar-refractivity contribution < 1.29 is 9.47 Å². The van der Waals surface area contributed by atoms with Crippen molar-refractivity contribution in [2.45, 2.75) is 13.3 Å². The zero-order chi connectivity index (χ0) is 17.2. The Labute approximate surface area is 147 Å². The second kappa shape index (κ2) is 9.52. The summed E-state index contributed by atoms with van der Waals surface area (Å²) in [6, 6.07) is 15.9. The summed E-state index contributed by atoms with van der Waals surface area (Å²) in [7, 11) is 0. The first-order valence-corrected chi connectivity index (χ1v) is 8.12. The van der Waals surface area contributed by atoms with E-state index in [1.54, 1.807) is 6.21 Å². The van der Waals surface area contributed by atoms with Gasteiger partial charge in [0, 0.05) is 6.42 Å². The molecule has 5 nitrogen and oxygen atoms in total. The quantitative estimate of drug-likeness (QED) is 0.438. The maximum absolute atomic E-state index is 5.87. The molecular formula is C18H21N3O2S. The number of rotatable bonds is 8. The number of nitrogens with two attached hydrogens (primary N) is 1. The summed E-state index contributed by atoms with van der Waals surface area (Å²) in [5.74, 6) is 1.40. The van der Waals surface area contributed by atoms with Gasteiger partial charge in [-0.3, -0.25) is 5.43 Å². The van der Waals surface area contributed by atoms with Crippen molar-refractivity contribution in [1.29, 1.82) is 0 Å². The van der Waals surface area contributed by atoms with Gasteiger partial charge in [-0.1, -0.05) is 30.3 Å². The summed E-state index contributed by atoms with van der Waals surface area (Å²) in [4.78, 5) is 0. The standard InChI is InChI=1S/C18H21N3O2S/c1-2-22-17-12-15(13-20-21-18(19)24)8-9-16(17)23-11-10-14-6-4-3-5-7-14/h3-9,12-13H,2,10-11H2,1H3,(H3,19,21,24). The molecule has 0 atom stereocenters. The van der Waals surface area contributed by atoms with E-state index in [0.717, 1.165) is 12.0 Å². The largest absolute Gasteiger partial charge is 0.490 e. The van der Waals surface area contributed by atoms with Crippen LogP contribution in [0.2, 0.25) is 0 Å². The molecule has 2 rings (SSSR count). The van der Waals surface area contributed by atoms with E-state index in [1.807, 2.05) is 43.3 Å². The Kier molecular flexibility index (Phi) is 7.04. The van der Waals surface area contributed by atoms with Gasteiger partial charge in [-0.2, -0.15) is 5.10 Å². The van der Waals surface area contributed by atoms with Crippen molar-refractivity contribution in [2.75, 3.05) is 13.2 Å². The molecule has 24 heavy (non-hydrogen) atoms. The van der Waals surface area contributed by atoms with Crippen molar-refractivity contribution in [3.63, 3.8) is 0 Å². The monoisotopic (exact) mass is 343 g/mol. The third kappa shape index (κ3) is 5.89. The van der Waals surface area contributed by atoms with Gasteiger partial charge in [0.05, 0.1) is 19.4 Å². The van der Waals surface area contributed by atoms with Crippen LogP contribution in [0.25, 0.3) is 0 Å². The maximum atomic E-state index is 5.87. The van der Waals surface area contributed by atoms with E-state index >= 15 is 0 Å². The minimum atomic E-state index is 0.122. The average Bonchev–Trinajstić information content (AvgIpc) is 2.57. The molecule has 0 bridgehead atoms. The summed E-state index contributed by atoms with van der Waals surface area (Å²) in [5.41, 5.74) is 9.94. The molecule has 126 valence electrons. The number of nitrogens with one attached hydrogen (secondary N) is 1. The van der Waals surface area contributed by atoms with E-state index < -0.39 is 0 Å². The van der Waals surface area contributed by atoms with Gasteiger partial charge in [-0.25, -0.2) is 0 Å². The van der Waals surface area contributed by atoms with Gasteiger partial charge >= 0.3 is 0 Å². The van der Waals surface area contributed by atoms with E-state index in [4.69, 9.17) is 27.4 Å². The molecule has 0 aliphatic rings. The molecule has 0 aliphatic heterocycles. The zero-order valence-corrected chi connectivity index (χ0v) is 14.4. The number of benzene rings is 2. The Bertz CT molecular complexity index is 690. The molecule has 0 aliphatic carbocycles.